The van der Waals surface area contributed by atoms with E-state index in [2.05, 4.69) is 54.8 Å². The second kappa shape index (κ2) is 4.88. The highest BCUT2D eigenvalue weighted by Gasteiger charge is 2.08. The molecular formula is C17H18N2. The maximum Gasteiger partial charge on any atom is 0.0933 e. The van der Waals surface area contributed by atoms with Crippen molar-refractivity contribution in [3.8, 4) is 11.3 Å². The second-order valence-electron chi connectivity index (χ2n) is 5.35. The van der Waals surface area contributed by atoms with Crippen molar-refractivity contribution in [3.63, 3.8) is 0 Å². The normalized spacial score (nSPS) is 11.3. The summed E-state index contributed by atoms with van der Waals surface area (Å²) in [7, 11) is 0. The summed E-state index contributed by atoms with van der Waals surface area (Å²) in [5, 5.41) is 4.75. The number of hydrogen-bond acceptors (Lipinski definition) is 1. The Bertz CT molecular complexity index is 681. The largest absolute Gasteiger partial charge is 0.237 e. The second-order valence-corrected chi connectivity index (χ2v) is 5.35. The minimum atomic E-state index is 0.634. The Morgan fingerprint density at radius 3 is 2.53 bits per heavy atom. The van der Waals surface area contributed by atoms with Crippen LogP contribution in [0.2, 0.25) is 0 Å². The fourth-order valence-electron chi connectivity index (χ4n) is 2.40. The third-order valence-electron chi connectivity index (χ3n) is 3.25. The molecule has 2 nitrogen and oxygen atoms in total. The van der Waals surface area contributed by atoms with E-state index in [9.17, 15) is 0 Å². The van der Waals surface area contributed by atoms with Gasteiger partial charge in [0, 0.05) is 11.3 Å². The molecule has 0 aliphatic heterocycles. The predicted molar refractivity (Wildman–Crippen MR) is 79.2 cm³/mol. The van der Waals surface area contributed by atoms with Gasteiger partial charge in [0.25, 0.3) is 0 Å². The van der Waals surface area contributed by atoms with E-state index < -0.39 is 0 Å². The Labute approximate surface area is 113 Å². The van der Waals surface area contributed by atoms with Gasteiger partial charge in [0.2, 0.25) is 0 Å². The summed E-state index contributed by atoms with van der Waals surface area (Å²) in [6.45, 7) is 4.47. The Kier molecular flexibility index (Phi) is 3.08. The zero-order valence-electron chi connectivity index (χ0n) is 11.4. The monoisotopic (exact) mass is 250 g/mol. The van der Waals surface area contributed by atoms with Crippen LogP contribution < -0.4 is 0 Å². The first-order valence-corrected chi connectivity index (χ1v) is 6.77. The third kappa shape index (κ3) is 2.39. The standard InChI is InChI=1S/C17H18N2/c1-13(2)11-15-9-6-10-16-12-17(18-19(15)16)14-7-4-3-5-8-14/h3-10,12-13H,11H2,1-2H3. The molecular weight excluding hydrogens is 232 g/mol. The van der Waals surface area contributed by atoms with E-state index in [1.165, 1.54) is 11.3 Å². The van der Waals surface area contributed by atoms with Gasteiger partial charge in [-0.2, -0.15) is 5.10 Å². The van der Waals surface area contributed by atoms with Crippen molar-refractivity contribution in [3.05, 3.63) is 60.3 Å². The molecule has 0 bridgehead atoms. The van der Waals surface area contributed by atoms with Gasteiger partial charge in [0.15, 0.2) is 0 Å². The molecule has 2 aromatic heterocycles. The first-order chi connectivity index (χ1) is 9.24. The fourth-order valence-corrected chi connectivity index (χ4v) is 2.40. The average Bonchev–Trinajstić information content (AvgIpc) is 2.84. The van der Waals surface area contributed by atoms with E-state index in [1.807, 2.05) is 18.2 Å². The van der Waals surface area contributed by atoms with Crippen molar-refractivity contribution >= 4 is 5.52 Å². The summed E-state index contributed by atoms with van der Waals surface area (Å²) in [4.78, 5) is 0. The minimum Gasteiger partial charge on any atom is -0.237 e. The quantitative estimate of drug-likeness (QED) is 0.681. The van der Waals surface area contributed by atoms with Crippen LogP contribution in [-0.4, -0.2) is 9.61 Å². The third-order valence-corrected chi connectivity index (χ3v) is 3.25. The molecule has 0 aliphatic rings. The number of hydrogen-bond donors (Lipinski definition) is 0. The van der Waals surface area contributed by atoms with Gasteiger partial charge in [0.1, 0.15) is 0 Å². The molecule has 3 rings (SSSR count). The molecule has 0 saturated carbocycles. The molecule has 0 atom stereocenters. The smallest absolute Gasteiger partial charge is 0.0933 e. The van der Waals surface area contributed by atoms with Gasteiger partial charge in [-0.15, -0.1) is 0 Å². The van der Waals surface area contributed by atoms with E-state index in [-0.39, 0.29) is 0 Å². The first-order valence-electron chi connectivity index (χ1n) is 6.77. The number of benzene rings is 1. The van der Waals surface area contributed by atoms with E-state index in [0.29, 0.717) is 5.92 Å². The lowest BCUT2D eigenvalue weighted by Gasteiger charge is -2.06. The van der Waals surface area contributed by atoms with Gasteiger partial charge in [-0.1, -0.05) is 50.2 Å². The van der Waals surface area contributed by atoms with Crippen LogP contribution in [-0.2, 0) is 6.42 Å². The predicted octanol–water partition coefficient (Wildman–Crippen LogP) is 4.20. The lowest BCUT2D eigenvalue weighted by atomic mass is 10.1. The molecule has 1 aromatic carbocycles. The van der Waals surface area contributed by atoms with E-state index in [0.717, 1.165) is 17.6 Å². The van der Waals surface area contributed by atoms with Gasteiger partial charge in [0.05, 0.1) is 11.2 Å². The van der Waals surface area contributed by atoms with Crippen LogP contribution in [0.4, 0.5) is 0 Å². The molecule has 96 valence electrons. The summed E-state index contributed by atoms with van der Waals surface area (Å²) in [5.74, 6) is 0.634. The summed E-state index contributed by atoms with van der Waals surface area (Å²) < 4.78 is 2.07. The molecule has 0 N–H and O–H groups in total. The highest BCUT2D eigenvalue weighted by Crippen LogP contribution is 2.21. The van der Waals surface area contributed by atoms with Gasteiger partial charge in [-0.3, -0.25) is 0 Å². The highest BCUT2D eigenvalue weighted by molar-refractivity contribution is 5.66. The first kappa shape index (κ1) is 12.0. The van der Waals surface area contributed by atoms with Crippen LogP contribution in [0, 0.1) is 5.92 Å². The van der Waals surface area contributed by atoms with Crippen molar-refractivity contribution < 1.29 is 0 Å². The topological polar surface area (TPSA) is 17.3 Å². The minimum absolute atomic E-state index is 0.634. The van der Waals surface area contributed by atoms with E-state index in [4.69, 9.17) is 5.10 Å². The number of pyridine rings is 1. The van der Waals surface area contributed by atoms with E-state index in [1.54, 1.807) is 0 Å². The van der Waals surface area contributed by atoms with Crippen molar-refractivity contribution in [1.82, 2.24) is 9.61 Å². The summed E-state index contributed by atoms with van der Waals surface area (Å²) in [5.41, 5.74) is 4.64. The Balaban J connectivity index is 2.11. The van der Waals surface area contributed by atoms with Crippen LogP contribution in [0.3, 0.4) is 0 Å². The molecule has 0 aliphatic carbocycles. The van der Waals surface area contributed by atoms with Crippen LogP contribution >= 0.6 is 0 Å². The molecule has 0 unspecified atom stereocenters. The van der Waals surface area contributed by atoms with Crippen molar-refractivity contribution in [1.29, 1.82) is 0 Å². The maximum absolute atomic E-state index is 4.75. The molecule has 19 heavy (non-hydrogen) atoms. The van der Waals surface area contributed by atoms with Gasteiger partial charge in [-0.25, -0.2) is 4.52 Å². The Morgan fingerprint density at radius 2 is 1.79 bits per heavy atom. The Hall–Kier alpha value is -2.09. The number of nitrogens with zero attached hydrogens (tertiary/aromatic N) is 2. The van der Waals surface area contributed by atoms with E-state index >= 15 is 0 Å². The number of fused-ring (bicyclic) bond motifs is 1. The SMILES string of the molecule is CC(C)Cc1cccc2cc(-c3ccccc3)nn12. The maximum atomic E-state index is 4.75. The fraction of sp³-hybridized carbons (Fsp3) is 0.235. The summed E-state index contributed by atoms with van der Waals surface area (Å²) in [6, 6.07) is 18.9. The molecule has 2 heteroatoms. The van der Waals surface area contributed by atoms with Crippen molar-refractivity contribution in [2.45, 2.75) is 20.3 Å². The summed E-state index contributed by atoms with van der Waals surface area (Å²) >= 11 is 0. The van der Waals surface area contributed by atoms with Crippen LogP contribution in [0.25, 0.3) is 16.8 Å². The molecule has 0 radical (unpaired) electrons. The van der Waals surface area contributed by atoms with Gasteiger partial charge < -0.3 is 0 Å². The van der Waals surface area contributed by atoms with Crippen LogP contribution in [0.5, 0.6) is 0 Å². The molecule has 0 saturated heterocycles. The zero-order chi connectivity index (χ0) is 13.2. The lowest BCUT2D eigenvalue weighted by Crippen LogP contribution is -2.02. The summed E-state index contributed by atoms with van der Waals surface area (Å²) in [6.07, 6.45) is 1.05. The molecule has 0 amide bonds. The van der Waals surface area contributed by atoms with Crippen molar-refractivity contribution in [2.24, 2.45) is 5.92 Å². The number of aromatic nitrogens is 2. The lowest BCUT2D eigenvalue weighted by molar-refractivity contribution is 0.621. The van der Waals surface area contributed by atoms with Gasteiger partial charge >= 0.3 is 0 Å². The van der Waals surface area contributed by atoms with Crippen molar-refractivity contribution in [2.75, 3.05) is 0 Å². The van der Waals surface area contributed by atoms with Crippen LogP contribution in [0.1, 0.15) is 19.5 Å². The number of rotatable bonds is 3. The molecule has 0 spiro atoms. The molecule has 0 fully saturated rings. The van der Waals surface area contributed by atoms with Gasteiger partial charge in [-0.05, 0) is 30.5 Å². The highest BCUT2D eigenvalue weighted by atomic mass is 15.2. The van der Waals surface area contributed by atoms with Crippen LogP contribution in [0.15, 0.2) is 54.6 Å². The molecule has 3 aromatic rings. The zero-order valence-corrected chi connectivity index (χ0v) is 11.4. The average molecular weight is 250 g/mol. The molecule has 2 heterocycles. The Morgan fingerprint density at radius 1 is 1.00 bits per heavy atom.